The number of nitrogens with one attached hydrogen (secondary N) is 3. The molecule has 0 saturated heterocycles. The van der Waals surface area contributed by atoms with Gasteiger partial charge >= 0.3 is 0 Å². The molecule has 0 unspecified atom stereocenters. The lowest BCUT2D eigenvalue weighted by atomic mass is 9.85. The van der Waals surface area contributed by atoms with Crippen LogP contribution in [-0.2, 0) is 16.0 Å². The highest BCUT2D eigenvalue weighted by atomic mass is 35.5. The summed E-state index contributed by atoms with van der Waals surface area (Å²) in [5.41, 5.74) is 4.25. The first-order valence-electron chi connectivity index (χ1n) is 10.9. The third-order valence-corrected chi connectivity index (χ3v) is 6.42. The number of carbonyl (C=O) groups is 2. The molecule has 2 amide bonds. The monoisotopic (exact) mass is 440 g/mol. The molecule has 1 saturated carbocycles. The number of benzene rings is 1. The van der Waals surface area contributed by atoms with Gasteiger partial charge in [-0.15, -0.1) is 0 Å². The fourth-order valence-corrected chi connectivity index (χ4v) is 4.99. The molecule has 1 fully saturated rings. The first-order chi connectivity index (χ1) is 14.7. The van der Waals surface area contributed by atoms with Crippen molar-refractivity contribution in [2.24, 2.45) is 5.92 Å². The number of hydrogen-bond acceptors (Lipinski definition) is 4. The molecule has 3 N–H and O–H groups in total. The van der Waals surface area contributed by atoms with Gasteiger partial charge in [-0.2, -0.15) is 0 Å². The Balaban J connectivity index is 1.54. The van der Waals surface area contributed by atoms with E-state index in [1.807, 2.05) is 12.1 Å². The molecule has 0 spiro atoms. The zero-order valence-electron chi connectivity index (χ0n) is 18.2. The van der Waals surface area contributed by atoms with Crippen LogP contribution in [0.15, 0.2) is 30.5 Å². The van der Waals surface area contributed by atoms with Crippen molar-refractivity contribution in [3.8, 4) is 11.1 Å². The van der Waals surface area contributed by atoms with Gasteiger partial charge in [-0.05, 0) is 62.8 Å². The Morgan fingerprint density at radius 2 is 2.03 bits per heavy atom. The van der Waals surface area contributed by atoms with Crippen LogP contribution in [0.1, 0.15) is 52.0 Å². The Hall–Kier alpha value is -2.60. The predicted octanol–water partition coefficient (Wildman–Crippen LogP) is 4.78. The molecule has 1 aromatic heterocycles. The molecule has 7 heteroatoms. The van der Waals surface area contributed by atoms with Crippen LogP contribution < -0.4 is 16.0 Å². The molecular formula is C24H29ClN4O2. The summed E-state index contributed by atoms with van der Waals surface area (Å²) in [5, 5.41) is 10.0. The maximum Gasteiger partial charge on any atom is 0.228 e. The average molecular weight is 441 g/mol. The number of aromatic nitrogens is 1. The van der Waals surface area contributed by atoms with E-state index in [0.29, 0.717) is 17.3 Å². The van der Waals surface area contributed by atoms with Gasteiger partial charge < -0.3 is 16.0 Å². The second-order valence-corrected chi connectivity index (χ2v) is 9.72. The third-order valence-electron chi connectivity index (χ3n) is 6.12. The standard InChI is InChI=1S/C24H29ClN4O2/c1-14(30)27-16-7-4-6-15(10-16)23(31)28-22-11-18(20(25)13-26-22)17-8-5-9-21-19(17)12-24(2,3)29-21/h5,8-9,11,13,15-16,29H,4,6-7,10,12H2,1-3H3,(H,27,30)(H,26,28,31)/t15-,16+/m0/s1. The third kappa shape index (κ3) is 4.85. The first-order valence-corrected chi connectivity index (χ1v) is 11.2. The van der Waals surface area contributed by atoms with Gasteiger partial charge in [0.15, 0.2) is 0 Å². The Bertz CT molecular complexity index is 1020. The van der Waals surface area contributed by atoms with Gasteiger partial charge in [0.25, 0.3) is 0 Å². The fraction of sp³-hybridized carbons (Fsp3) is 0.458. The minimum atomic E-state index is -0.141. The van der Waals surface area contributed by atoms with E-state index in [9.17, 15) is 9.59 Å². The zero-order valence-corrected chi connectivity index (χ0v) is 19.0. The van der Waals surface area contributed by atoms with E-state index in [2.05, 4.69) is 46.9 Å². The maximum absolute atomic E-state index is 12.9. The lowest BCUT2D eigenvalue weighted by Gasteiger charge is -2.28. The molecule has 2 atom stereocenters. The van der Waals surface area contributed by atoms with Crippen LogP contribution in [0.3, 0.4) is 0 Å². The largest absolute Gasteiger partial charge is 0.380 e. The first kappa shape index (κ1) is 21.6. The van der Waals surface area contributed by atoms with Gasteiger partial charge in [-0.3, -0.25) is 9.59 Å². The summed E-state index contributed by atoms with van der Waals surface area (Å²) in [7, 11) is 0. The smallest absolute Gasteiger partial charge is 0.228 e. The van der Waals surface area contributed by atoms with Crippen LogP contribution in [0.4, 0.5) is 11.5 Å². The molecule has 0 bridgehead atoms. The number of hydrogen-bond donors (Lipinski definition) is 3. The summed E-state index contributed by atoms with van der Waals surface area (Å²) in [6.45, 7) is 5.86. The van der Waals surface area contributed by atoms with E-state index in [0.717, 1.165) is 42.5 Å². The summed E-state index contributed by atoms with van der Waals surface area (Å²) < 4.78 is 0. The van der Waals surface area contributed by atoms with Gasteiger partial charge in [0.1, 0.15) is 5.82 Å². The van der Waals surface area contributed by atoms with Crippen LogP contribution in [0.25, 0.3) is 11.1 Å². The molecular weight excluding hydrogens is 412 g/mol. The molecule has 164 valence electrons. The number of carbonyl (C=O) groups excluding carboxylic acids is 2. The van der Waals surface area contributed by atoms with Crippen LogP contribution in [-0.4, -0.2) is 28.4 Å². The lowest BCUT2D eigenvalue weighted by Crippen LogP contribution is -2.40. The average Bonchev–Trinajstić information content (AvgIpc) is 3.03. The second-order valence-electron chi connectivity index (χ2n) is 9.32. The Morgan fingerprint density at radius 3 is 2.81 bits per heavy atom. The number of rotatable bonds is 4. The van der Waals surface area contributed by atoms with Gasteiger partial charge in [-0.25, -0.2) is 4.98 Å². The molecule has 4 rings (SSSR count). The zero-order chi connectivity index (χ0) is 22.2. The van der Waals surface area contributed by atoms with E-state index in [1.54, 1.807) is 6.20 Å². The van der Waals surface area contributed by atoms with E-state index >= 15 is 0 Å². The number of nitrogens with zero attached hydrogens (tertiary/aromatic N) is 1. The van der Waals surface area contributed by atoms with Crippen LogP contribution in [0.5, 0.6) is 0 Å². The summed E-state index contributed by atoms with van der Waals surface area (Å²) in [6.07, 6.45) is 5.79. The number of amides is 2. The molecule has 31 heavy (non-hydrogen) atoms. The normalized spacial score (nSPS) is 21.7. The predicted molar refractivity (Wildman–Crippen MR) is 124 cm³/mol. The van der Waals surface area contributed by atoms with Crippen molar-refractivity contribution in [2.45, 2.75) is 64.5 Å². The molecule has 2 aromatic rings. The van der Waals surface area contributed by atoms with Gasteiger partial charge in [0.05, 0.1) is 5.02 Å². The van der Waals surface area contributed by atoms with Gasteiger partial charge in [0, 0.05) is 41.9 Å². The number of pyridine rings is 1. The molecule has 2 heterocycles. The molecule has 1 aromatic carbocycles. The highest BCUT2D eigenvalue weighted by molar-refractivity contribution is 6.33. The lowest BCUT2D eigenvalue weighted by molar-refractivity contribution is -0.123. The number of halogens is 1. The van der Waals surface area contributed by atoms with Crippen LogP contribution in [0, 0.1) is 5.92 Å². The van der Waals surface area contributed by atoms with Crippen molar-refractivity contribution in [3.63, 3.8) is 0 Å². The Morgan fingerprint density at radius 1 is 1.23 bits per heavy atom. The second kappa shape index (κ2) is 8.50. The molecule has 1 aliphatic heterocycles. The van der Waals surface area contributed by atoms with Crippen molar-refractivity contribution < 1.29 is 9.59 Å². The molecule has 1 aliphatic carbocycles. The molecule has 6 nitrogen and oxygen atoms in total. The minimum Gasteiger partial charge on any atom is -0.380 e. The molecule has 2 aliphatic rings. The number of fused-ring (bicyclic) bond motifs is 1. The summed E-state index contributed by atoms with van der Waals surface area (Å²) in [4.78, 5) is 28.6. The highest BCUT2D eigenvalue weighted by Crippen LogP contribution is 2.41. The minimum absolute atomic E-state index is 0.0135. The van der Waals surface area contributed by atoms with Crippen molar-refractivity contribution in [3.05, 3.63) is 41.0 Å². The van der Waals surface area contributed by atoms with E-state index in [4.69, 9.17) is 11.6 Å². The summed E-state index contributed by atoms with van der Waals surface area (Å²) in [6, 6.07) is 8.07. The van der Waals surface area contributed by atoms with E-state index in [1.165, 1.54) is 12.5 Å². The van der Waals surface area contributed by atoms with E-state index < -0.39 is 0 Å². The van der Waals surface area contributed by atoms with Crippen LogP contribution in [0.2, 0.25) is 5.02 Å². The topological polar surface area (TPSA) is 83.1 Å². The van der Waals surface area contributed by atoms with Crippen molar-refractivity contribution >= 4 is 34.9 Å². The SMILES string of the molecule is CC(=O)N[C@@H]1CCC[C@H](C(=O)Nc2cc(-c3cccc4c3CC(C)(C)N4)c(Cl)cn2)C1. The Kier molecular flexibility index (Phi) is 5.93. The Labute approximate surface area is 188 Å². The number of anilines is 2. The fourth-order valence-electron chi connectivity index (χ4n) is 4.79. The van der Waals surface area contributed by atoms with Crippen molar-refractivity contribution in [1.82, 2.24) is 10.3 Å². The van der Waals surface area contributed by atoms with Crippen molar-refractivity contribution in [2.75, 3.05) is 10.6 Å². The molecule has 0 radical (unpaired) electrons. The van der Waals surface area contributed by atoms with Crippen molar-refractivity contribution in [1.29, 1.82) is 0 Å². The van der Waals surface area contributed by atoms with Gasteiger partial charge in [0.2, 0.25) is 11.8 Å². The van der Waals surface area contributed by atoms with Crippen LogP contribution >= 0.6 is 11.6 Å². The van der Waals surface area contributed by atoms with E-state index in [-0.39, 0.29) is 29.3 Å². The maximum atomic E-state index is 12.9. The van der Waals surface area contributed by atoms with Gasteiger partial charge in [-0.1, -0.05) is 30.2 Å². The summed E-state index contributed by atoms with van der Waals surface area (Å²) in [5.74, 6) is 0.242. The summed E-state index contributed by atoms with van der Waals surface area (Å²) >= 11 is 6.52. The quantitative estimate of drug-likeness (QED) is 0.638. The highest BCUT2D eigenvalue weighted by Gasteiger charge is 2.30.